The van der Waals surface area contributed by atoms with Crippen molar-refractivity contribution in [3.63, 3.8) is 0 Å². The SMILES string of the molecule is Cc1cc(C)c(C(C)NC2CC=CC2)c(C)c1. The molecule has 17 heavy (non-hydrogen) atoms. The van der Waals surface area contributed by atoms with Crippen molar-refractivity contribution in [2.45, 2.75) is 52.6 Å². The molecule has 1 atom stereocenters. The standard InChI is InChI=1S/C16H23N/c1-11-9-12(2)16(13(3)10-11)14(4)17-15-7-5-6-8-15/h5-6,9-10,14-15,17H,7-8H2,1-4H3. The summed E-state index contributed by atoms with van der Waals surface area (Å²) in [5.41, 5.74) is 5.66. The van der Waals surface area contributed by atoms with Crippen molar-refractivity contribution in [2.24, 2.45) is 0 Å². The maximum atomic E-state index is 3.73. The number of rotatable bonds is 3. The summed E-state index contributed by atoms with van der Waals surface area (Å²) in [6.07, 6.45) is 6.90. The highest BCUT2D eigenvalue weighted by molar-refractivity contribution is 5.39. The molecule has 0 fully saturated rings. The molecule has 1 N–H and O–H groups in total. The largest absolute Gasteiger partial charge is 0.307 e. The Morgan fingerprint density at radius 1 is 1.06 bits per heavy atom. The minimum absolute atomic E-state index is 0.445. The van der Waals surface area contributed by atoms with Gasteiger partial charge in [0.2, 0.25) is 0 Å². The molecule has 0 spiro atoms. The number of hydrogen-bond acceptors (Lipinski definition) is 1. The molecule has 0 aromatic heterocycles. The second-order valence-corrected chi connectivity index (χ2v) is 5.34. The third-order valence-corrected chi connectivity index (χ3v) is 3.66. The average molecular weight is 229 g/mol. The van der Waals surface area contributed by atoms with Crippen LogP contribution in [0.15, 0.2) is 24.3 Å². The predicted octanol–water partition coefficient (Wildman–Crippen LogP) is 3.98. The highest BCUT2D eigenvalue weighted by Crippen LogP contribution is 2.25. The normalized spacial score (nSPS) is 17.6. The van der Waals surface area contributed by atoms with Gasteiger partial charge in [0.05, 0.1) is 0 Å². The maximum Gasteiger partial charge on any atom is 0.0299 e. The van der Waals surface area contributed by atoms with Crippen LogP contribution >= 0.6 is 0 Å². The van der Waals surface area contributed by atoms with Crippen LogP contribution in [0.3, 0.4) is 0 Å². The van der Waals surface area contributed by atoms with Gasteiger partial charge >= 0.3 is 0 Å². The van der Waals surface area contributed by atoms with E-state index >= 15 is 0 Å². The van der Waals surface area contributed by atoms with E-state index in [0.29, 0.717) is 12.1 Å². The lowest BCUT2D eigenvalue weighted by Gasteiger charge is -2.23. The Bertz CT molecular complexity index is 400. The molecule has 1 aliphatic rings. The minimum Gasteiger partial charge on any atom is -0.307 e. The van der Waals surface area contributed by atoms with Crippen molar-refractivity contribution in [3.05, 3.63) is 46.5 Å². The van der Waals surface area contributed by atoms with Crippen molar-refractivity contribution < 1.29 is 0 Å². The summed E-state index contributed by atoms with van der Waals surface area (Å²) in [7, 11) is 0. The van der Waals surface area contributed by atoms with Crippen LogP contribution in [0.5, 0.6) is 0 Å². The minimum atomic E-state index is 0.445. The van der Waals surface area contributed by atoms with Crippen molar-refractivity contribution >= 4 is 0 Å². The Morgan fingerprint density at radius 2 is 1.59 bits per heavy atom. The van der Waals surface area contributed by atoms with Crippen LogP contribution in [-0.4, -0.2) is 6.04 Å². The van der Waals surface area contributed by atoms with Gasteiger partial charge < -0.3 is 5.32 Å². The number of benzene rings is 1. The number of hydrogen-bond donors (Lipinski definition) is 1. The molecule has 2 rings (SSSR count). The molecule has 1 aromatic carbocycles. The first-order valence-corrected chi connectivity index (χ1v) is 6.56. The summed E-state index contributed by atoms with van der Waals surface area (Å²) in [5, 5.41) is 3.73. The van der Waals surface area contributed by atoms with Gasteiger partial charge in [0, 0.05) is 12.1 Å². The molecule has 0 heterocycles. The second-order valence-electron chi connectivity index (χ2n) is 5.34. The zero-order valence-corrected chi connectivity index (χ0v) is 11.4. The zero-order valence-electron chi connectivity index (χ0n) is 11.4. The summed E-state index contributed by atoms with van der Waals surface area (Å²) >= 11 is 0. The van der Waals surface area contributed by atoms with Crippen LogP contribution in [0.1, 0.15) is 48.1 Å². The average Bonchev–Trinajstić information content (AvgIpc) is 2.68. The van der Waals surface area contributed by atoms with E-state index in [1.165, 1.54) is 35.1 Å². The first-order valence-electron chi connectivity index (χ1n) is 6.56. The smallest absolute Gasteiger partial charge is 0.0299 e. The van der Waals surface area contributed by atoms with Gasteiger partial charge in [0.1, 0.15) is 0 Å². The topological polar surface area (TPSA) is 12.0 Å². The summed E-state index contributed by atoms with van der Waals surface area (Å²) in [6, 6.07) is 5.64. The molecule has 0 bridgehead atoms. The molecule has 1 aliphatic carbocycles. The van der Waals surface area contributed by atoms with E-state index in [0.717, 1.165) is 0 Å². The first kappa shape index (κ1) is 12.4. The van der Waals surface area contributed by atoms with Gasteiger partial charge in [-0.05, 0) is 57.2 Å². The molecule has 1 aromatic rings. The van der Waals surface area contributed by atoms with Gasteiger partial charge in [-0.25, -0.2) is 0 Å². The summed E-state index contributed by atoms with van der Waals surface area (Å²) < 4.78 is 0. The molecule has 92 valence electrons. The van der Waals surface area contributed by atoms with Crippen LogP contribution < -0.4 is 5.32 Å². The molecule has 0 saturated carbocycles. The van der Waals surface area contributed by atoms with E-state index in [9.17, 15) is 0 Å². The Hall–Kier alpha value is -1.08. The molecular formula is C16H23N. The highest BCUT2D eigenvalue weighted by Gasteiger charge is 2.17. The molecule has 1 heteroatoms. The second kappa shape index (κ2) is 5.05. The lowest BCUT2D eigenvalue weighted by atomic mass is 9.94. The fourth-order valence-corrected chi connectivity index (χ4v) is 3.06. The molecule has 0 aliphatic heterocycles. The van der Waals surface area contributed by atoms with Gasteiger partial charge in [-0.1, -0.05) is 29.8 Å². The fourth-order valence-electron chi connectivity index (χ4n) is 3.06. The molecule has 1 unspecified atom stereocenters. The monoisotopic (exact) mass is 229 g/mol. The Kier molecular flexibility index (Phi) is 3.68. The van der Waals surface area contributed by atoms with Gasteiger partial charge in [0.15, 0.2) is 0 Å². The Labute approximate surface area is 105 Å². The molecule has 0 radical (unpaired) electrons. The third-order valence-electron chi connectivity index (χ3n) is 3.66. The third kappa shape index (κ3) is 2.78. The van der Waals surface area contributed by atoms with Gasteiger partial charge in [0.25, 0.3) is 0 Å². The fraction of sp³-hybridized carbons (Fsp3) is 0.500. The van der Waals surface area contributed by atoms with E-state index in [4.69, 9.17) is 0 Å². The van der Waals surface area contributed by atoms with Crippen LogP contribution in [0.2, 0.25) is 0 Å². The van der Waals surface area contributed by atoms with Crippen molar-refractivity contribution in [3.8, 4) is 0 Å². The van der Waals surface area contributed by atoms with E-state index in [2.05, 4.69) is 57.3 Å². The van der Waals surface area contributed by atoms with E-state index in [1.54, 1.807) is 0 Å². The predicted molar refractivity (Wildman–Crippen MR) is 74.4 cm³/mol. The highest BCUT2D eigenvalue weighted by atomic mass is 14.9. The first-order chi connectivity index (χ1) is 8.08. The van der Waals surface area contributed by atoms with Gasteiger partial charge in [-0.2, -0.15) is 0 Å². The lowest BCUT2D eigenvalue weighted by molar-refractivity contribution is 0.469. The van der Waals surface area contributed by atoms with Gasteiger partial charge in [-0.3, -0.25) is 0 Å². The van der Waals surface area contributed by atoms with Gasteiger partial charge in [-0.15, -0.1) is 0 Å². The van der Waals surface area contributed by atoms with Crippen LogP contribution in [0.4, 0.5) is 0 Å². The van der Waals surface area contributed by atoms with E-state index in [-0.39, 0.29) is 0 Å². The number of nitrogens with one attached hydrogen (secondary N) is 1. The van der Waals surface area contributed by atoms with Crippen LogP contribution in [0, 0.1) is 20.8 Å². The van der Waals surface area contributed by atoms with E-state index < -0.39 is 0 Å². The Morgan fingerprint density at radius 3 is 2.12 bits per heavy atom. The summed E-state index contributed by atoms with van der Waals surface area (Å²) in [5.74, 6) is 0. The van der Waals surface area contributed by atoms with Crippen LogP contribution in [0.25, 0.3) is 0 Å². The lowest BCUT2D eigenvalue weighted by Crippen LogP contribution is -2.30. The Balaban J connectivity index is 2.15. The molecule has 0 amide bonds. The molecular weight excluding hydrogens is 206 g/mol. The zero-order chi connectivity index (χ0) is 12.4. The summed E-state index contributed by atoms with van der Waals surface area (Å²) in [4.78, 5) is 0. The molecule has 1 nitrogen and oxygen atoms in total. The van der Waals surface area contributed by atoms with Crippen LogP contribution in [-0.2, 0) is 0 Å². The van der Waals surface area contributed by atoms with Crippen molar-refractivity contribution in [2.75, 3.05) is 0 Å². The van der Waals surface area contributed by atoms with E-state index in [1.807, 2.05) is 0 Å². The molecule has 0 saturated heterocycles. The van der Waals surface area contributed by atoms with Crippen molar-refractivity contribution in [1.29, 1.82) is 0 Å². The maximum absolute atomic E-state index is 3.73. The number of aryl methyl sites for hydroxylation is 3. The quantitative estimate of drug-likeness (QED) is 0.773. The summed E-state index contributed by atoms with van der Waals surface area (Å²) in [6.45, 7) is 8.90. The van der Waals surface area contributed by atoms with Crippen molar-refractivity contribution in [1.82, 2.24) is 5.32 Å².